The van der Waals surface area contributed by atoms with Crippen molar-refractivity contribution in [2.45, 2.75) is 37.0 Å². The zero-order valence-electron chi connectivity index (χ0n) is 14.5. The Balaban J connectivity index is 1.78. The van der Waals surface area contributed by atoms with Gasteiger partial charge in [0.05, 0.1) is 0 Å². The third-order valence-corrected chi connectivity index (χ3v) is 5.66. The summed E-state index contributed by atoms with van der Waals surface area (Å²) in [6.07, 6.45) is 3.47. The van der Waals surface area contributed by atoms with Gasteiger partial charge < -0.3 is 15.0 Å². The molecule has 1 aliphatic carbocycles. The van der Waals surface area contributed by atoms with Gasteiger partial charge in [0.25, 0.3) is 0 Å². The van der Waals surface area contributed by atoms with E-state index in [2.05, 4.69) is 29.6 Å². The molecule has 0 aromatic heterocycles. The fourth-order valence-corrected chi connectivity index (χ4v) is 4.41. The number of benzene rings is 1. The Labute approximate surface area is 143 Å². The van der Waals surface area contributed by atoms with Crippen molar-refractivity contribution in [1.82, 2.24) is 10.2 Å². The van der Waals surface area contributed by atoms with Crippen molar-refractivity contribution >= 4 is 11.8 Å². The number of nitrogens with one attached hydrogen (secondary N) is 1. The summed E-state index contributed by atoms with van der Waals surface area (Å²) in [4.78, 5) is 25.8. The van der Waals surface area contributed by atoms with Crippen LogP contribution in [0.15, 0.2) is 24.3 Å². The molecule has 5 heteroatoms. The lowest BCUT2D eigenvalue weighted by atomic mass is 9.73. The van der Waals surface area contributed by atoms with Crippen molar-refractivity contribution in [1.29, 1.82) is 0 Å². The lowest BCUT2D eigenvalue weighted by Gasteiger charge is -2.40. The zero-order chi connectivity index (χ0) is 17.2. The molecule has 0 radical (unpaired) electrons. The first-order valence-electron chi connectivity index (χ1n) is 8.66. The predicted molar refractivity (Wildman–Crippen MR) is 91.9 cm³/mol. The van der Waals surface area contributed by atoms with E-state index in [1.807, 2.05) is 4.90 Å². The molecule has 24 heavy (non-hydrogen) atoms. The van der Waals surface area contributed by atoms with Gasteiger partial charge in [0.2, 0.25) is 11.8 Å². The topological polar surface area (TPSA) is 58.6 Å². The Kier molecular flexibility index (Phi) is 4.90. The molecule has 1 heterocycles. The molecule has 1 N–H and O–H groups in total. The Morgan fingerprint density at radius 1 is 1.29 bits per heavy atom. The van der Waals surface area contributed by atoms with Gasteiger partial charge in [-0.3, -0.25) is 9.59 Å². The molecular formula is C19H26N2O3. The van der Waals surface area contributed by atoms with Gasteiger partial charge in [-0.15, -0.1) is 0 Å². The molecule has 1 saturated heterocycles. The van der Waals surface area contributed by atoms with Crippen LogP contribution in [-0.4, -0.2) is 50.6 Å². The fraction of sp³-hybridized carbons (Fsp3) is 0.579. The van der Waals surface area contributed by atoms with E-state index in [-0.39, 0.29) is 29.8 Å². The highest BCUT2D eigenvalue weighted by Crippen LogP contribution is 2.52. The standard InChI is InChI=1S/C19H26N2O3/c1-20-17(22)11-14-12-19(16-6-4-3-5-15(14)16)7-9-21(10-8-19)18(23)13-24-2/h3-6,14H,7-13H2,1-2H3,(H,20,22). The first-order chi connectivity index (χ1) is 11.6. The normalized spacial score (nSPS) is 21.6. The molecule has 1 aliphatic heterocycles. The molecule has 0 saturated carbocycles. The third kappa shape index (κ3) is 3.05. The first kappa shape index (κ1) is 17.0. The fourth-order valence-electron chi connectivity index (χ4n) is 4.41. The van der Waals surface area contributed by atoms with Crippen LogP contribution in [0, 0.1) is 0 Å². The van der Waals surface area contributed by atoms with Crippen molar-refractivity contribution in [3.63, 3.8) is 0 Å². The van der Waals surface area contributed by atoms with Crippen molar-refractivity contribution in [2.24, 2.45) is 0 Å². The summed E-state index contributed by atoms with van der Waals surface area (Å²) in [5.74, 6) is 0.447. The number of hydrogen-bond donors (Lipinski definition) is 1. The lowest BCUT2D eigenvalue weighted by Crippen LogP contribution is -2.45. The van der Waals surface area contributed by atoms with Gasteiger partial charge in [-0.2, -0.15) is 0 Å². The van der Waals surface area contributed by atoms with Gasteiger partial charge >= 0.3 is 0 Å². The molecule has 2 aliphatic rings. The maximum Gasteiger partial charge on any atom is 0.248 e. The highest BCUT2D eigenvalue weighted by molar-refractivity contribution is 5.78. The molecule has 5 nitrogen and oxygen atoms in total. The minimum absolute atomic E-state index is 0.0699. The molecule has 0 bridgehead atoms. The SMILES string of the molecule is CNC(=O)CC1CC2(CCN(C(=O)COC)CC2)c2ccccc21. The van der Waals surface area contributed by atoms with Crippen molar-refractivity contribution in [2.75, 3.05) is 33.9 Å². The molecule has 2 amide bonds. The molecule has 130 valence electrons. The first-order valence-corrected chi connectivity index (χ1v) is 8.66. The second kappa shape index (κ2) is 6.93. The van der Waals surface area contributed by atoms with Crippen molar-refractivity contribution in [3.8, 4) is 0 Å². The largest absolute Gasteiger partial charge is 0.375 e. The number of piperidine rings is 1. The summed E-state index contributed by atoms with van der Waals surface area (Å²) in [5.41, 5.74) is 2.81. The summed E-state index contributed by atoms with van der Waals surface area (Å²) in [6.45, 7) is 1.69. The third-order valence-electron chi connectivity index (χ3n) is 5.66. The molecule has 3 rings (SSSR count). The molecule has 1 fully saturated rings. The van der Waals surface area contributed by atoms with Crippen LogP contribution in [0.5, 0.6) is 0 Å². The molecule has 1 aromatic rings. The summed E-state index contributed by atoms with van der Waals surface area (Å²) < 4.78 is 4.97. The highest BCUT2D eigenvalue weighted by Gasteiger charge is 2.45. The number of carbonyl (C=O) groups is 2. The van der Waals surface area contributed by atoms with Gasteiger partial charge in [-0.05, 0) is 41.7 Å². The number of likely N-dealkylation sites (tertiary alicyclic amines) is 1. The van der Waals surface area contributed by atoms with Crippen molar-refractivity contribution in [3.05, 3.63) is 35.4 Å². The van der Waals surface area contributed by atoms with Crippen LogP contribution in [0.4, 0.5) is 0 Å². The Bertz CT molecular complexity index is 621. The van der Waals surface area contributed by atoms with Gasteiger partial charge in [-0.1, -0.05) is 24.3 Å². The van der Waals surface area contributed by atoms with Crippen LogP contribution in [0.3, 0.4) is 0 Å². The zero-order valence-corrected chi connectivity index (χ0v) is 14.5. The van der Waals surface area contributed by atoms with E-state index >= 15 is 0 Å². The Hall–Kier alpha value is -1.88. The maximum atomic E-state index is 12.0. The second-order valence-electron chi connectivity index (χ2n) is 6.96. The quantitative estimate of drug-likeness (QED) is 0.916. The number of carbonyl (C=O) groups excluding carboxylic acids is 2. The van der Waals surface area contributed by atoms with E-state index in [0.29, 0.717) is 6.42 Å². The molecule has 1 atom stereocenters. The minimum atomic E-state index is 0.0699. The van der Waals surface area contributed by atoms with Crippen LogP contribution >= 0.6 is 0 Å². The summed E-state index contributed by atoms with van der Waals surface area (Å²) >= 11 is 0. The van der Waals surface area contributed by atoms with E-state index in [9.17, 15) is 9.59 Å². The molecule has 1 unspecified atom stereocenters. The van der Waals surface area contributed by atoms with Crippen LogP contribution in [-0.2, 0) is 19.7 Å². The molecule has 1 spiro atoms. The van der Waals surface area contributed by atoms with Gasteiger partial charge in [-0.25, -0.2) is 0 Å². The van der Waals surface area contributed by atoms with Crippen LogP contribution in [0.2, 0.25) is 0 Å². The van der Waals surface area contributed by atoms with E-state index < -0.39 is 0 Å². The highest BCUT2D eigenvalue weighted by atomic mass is 16.5. The number of hydrogen-bond acceptors (Lipinski definition) is 3. The molecule has 1 aromatic carbocycles. The van der Waals surface area contributed by atoms with E-state index in [4.69, 9.17) is 4.74 Å². The Morgan fingerprint density at radius 3 is 2.67 bits per heavy atom. The van der Waals surface area contributed by atoms with Gasteiger partial charge in [0, 0.05) is 33.7 Å². The van der Waals surface area contributed by atoms with E-state index in [1.54, 1.807) is 14.2 Å². The Morgan fingerprint density at radius 2 is 2.00 bits per heavy atom. The number of methoxy groups -OCH3 is 1. The average Bonchev–Trinajstić information content (AvgIpc) is 2.89. The summed E-state index contributed by atoms with van der Waals surface area (Å²) in [5, 5.41) is 2.74. The summed E-state index contributed by atoms with van der Waals surface area (Å²) in [6, 6.07) is 8.53. The number of amides is 2. The second-order valence-corrected chi connectivity index (χ2v) is 6.96. The van der Waals surface area contributed by atoms with Crippen LogP contribution in [0.25, 0.3) is 0 Å². The molecular weight excluding hydrogens is 304 g/mol. The van der Waals surface area contributed by atoms with E-state index in [0.717, 1.165) is 32.4 Å². The number of nitrogens with zero attached hydrogens (tertiary/aromatic N) is 1. The number of ether oxygens (including phenoxy) is 1. The van der Waals surface area contributed by atoms with Crippen LogP contribution < -0.4 is 5.32 Å². The average molecular weight is 330 g/mol. The monoisotopic (exact) mass is 330 g/mol. The minimum Gasteiger partial charge on any atom is -0.375 e. The van der Waals surface area contributed by atoms with Gasteiger partial charge in [0.15, 0.2) is 0 Å². The number of fused-ring (bicyclic) bond motifs is 2. The predicted octanol–water partition coefficient (Wildman–Crippen LogP) is 1.82. The van der Waals surface area contributed by atoms with E-state index in [1.165, 1.54) is 11.1 Å². The maximum absolute atomic E-state index is 12.0. The van der Waals surface area contributed by atoms with Crippen LogP contribution in [0.1, 0.15) is 42.7 Å². The van der Waals surface area contributed by atoms with Crippen molar-refractivity contribution < 1.29 is 14.3 Å². The number of rotatable bonds is 4. The van der Waals surface area contributed by atoms with Gasteiger partial charge in [0.1, 0.15) is 6.61 Å². The lowest BCUT2D eigenvalue weighted by molar-refractivity contribution is -0.136. The smallest absolute Gasteiger partial charge is 0.248 e. The summed E-state index contributed by atoms with van der Waals surface area (Å²) in [7, 11) is 3.25.